The fraction of sp³-hybridized carbons (Fsp3) is 0.429. The number of primary amides is 1. The van der Waals surface area contributed by atoms with E-state index in [0.717, 1.165) is 0 Å². The van der Waals surface area contributed by atoms with Crippen LogP contribution >= 0.6 is 11.6 Å². The monoisotopic (exact) mass is 298 g/mol. The molecule has 6 heteroatoms. The molecule has 0 bridgehead atoms. The highest BCUT2D eigenvalue weighted by molar-refractivity contribution is 6.32. The molecule has 1 aromatic carbocycles. The quantitative estimate of drug-likeness (QED) is 0.683. The molecule has 0 aromatic heterocycles. The minimum atomic E-state index is -0.354. The van der Waals surface area contributed by atoms with Crippen molar-refractivity contribution in [1.29, 1.82) is 0 Å². The van der Waals surface area contributed by atoms with Gasteiger partial charge in [-0.3, -0.25) is 9.59 Å². The second-order valence-electron chi connectivity index (χ2n) is 4.30. The van der Waals surface area contributed by atoms with Crippen molar-refractivity contribution in [2.45, 2.75) is 25.7 Å². The molecular weight excluding hydrogens is 280 g/mol. The number of carbonyl (C=O) groups is 2. The number of benzene rings is 1. The molecule has 5 nitrogen and oxygen atoms in total. The van der Waals surface area contributed by atoms with Crippen LogP contribution in [-0.4, -0.2) is 25.0 Å². The normalized spacial score (nSPS) is 10.1. The van der Waals surface area contributed by atoms with Crippen LogP contribution in [-0.2, 0) is 9.59 Å². The van der Waals surface area contributed by atoms with Crippen LogP contribution in [0.3, 0.4) is 0 Å². The smallest absolute Gasteiger partial charge is 0.220 e. The molecule has 110 valence electrons. The van der Waals surface area contributed by atoms with Crippen LogP contribution < -0.4 is 15.8 Å². The van der Waals surface area contributed by atoms with Gasteiger partial charge in [-0.15, -0.1) is 0 Å². The molecule has 0 heterocycles. The van der Waals surface area contributed by atoms with Gasteiger partial charge in [-0.1, -0.05) is 23.7 Å². The van der Waals surface area contributed by atoms with E-state index in [0.29, 0.717) is 43.2 Å². The third kappa shape index (κ3) is 6.99. The fourth-order valence-electron chi connectivity index (χ4n) is 1.56. The van der Waals surface area contributed by atoms with Crippen molar-refractivity contribution in [3.8, 4) is 5.75 Å². The van der Waals surface area contributed by atoms with Crippen LogP contribution in [0.2, 0.25) is 5.02 Å². The lowest BCUT2D eigenvalue weighted by Crippen LogP contribution is -2.25. The van der Waals surface area contributed by atoms with Gasteiger partial charge in [0, 0.05) is 19.4 Å². The van der Waals surface area contributed by atoms with E-state index in [1.54, 1.807) is 12.1 Å². The maximum Gasteiger partial charge on any atom is 0.220 e. The molecule has 1 rings (SSSR count). The Hall–Kier alpha value is -1.75. The molecular formula is C14H19ClN2O3. The molecule has 2 amide bonds. The average molecular weight is 299 g/mol. The van der Waals surface area contributed by atoms with Crippen molar-refractivity contribution in [2.75, 3.05) is 13.2 Å². The first-order chi connectivity index (χ1) is 9.59. The van der Waals surface area contributed by atoms with Gasteiger partial charge in [-0.05, 0) is 25.0 Å². The summed E-state index contributed by atoms with van der Waals surface area (Å²) in [6, 6.07) is 7.20. The van der Waals surface area contributed by atoms with Gasteiger partial charge in [0.05, 0.1) is 11.6 Å². The number of halogens is 1. The summed E-state index contributed by atoms with van der Waals surface area (Å²) in [6.07, 6.45) is 1.83. The van der Waals surface area contributed by atoms with Gasteiger partial charge in [0.1, 0.15) is 5.75 Å². The Bertz CT molecular complexity index is 452. The Morgan fingerprint density at radius 2 is 1.95 bits per heavy atom. The first kappa shape index (κ1) is 16.3. The topological polar surface area (TPSA) is 81.4 Å². The van der Waals surface area contributed by atoms with E-state index >= 15 is 0 Å². The average Bonchev–Trinajstić information content (AvgIpc) is 2.41. The number of hydrogen-bond acceptors (Lipinski definition) is 3. The van der Waals surface area contributed by atoms with Gasteiger partial charge >= 0.3 is 0 Å². The standard InChI is InChI=1S/C14H19ClN2O3/c15-11-5-1-2-6-12(11)20-10-4-8-14(19)17-9-3-7-13(16)18/h1-2,5-6H,3-4,7-10H2,(H2,16,18)(H,17,19). The molecule has 0 unspecified atom stereocenters. The third-order valence-corrected chi connectivity index (χ3v) is 2.88. The van der Waals surface area contributed by atoms with Crippen LogP contribution in [0.4, 0.5) is 0 Å². The summed E-state index contributed by atoms with van der Waals surface area (Å²) < 4.78 is 5.47. The van der Waals surface area contributed by atoms with E-state index in [-0.39, 0.29) is 18.2 Å². The minimum absolute atomic E-state index is 0.0581. The lowest BCUT2D eigenvalue weighted by atomic mass is 10.2. The largest absolute Gasteiger partial charge is 0.492 e. The number of ether oxygens (including phenoxy) is 1. The van der Waals surface area contributed by atoms with Crippen molar-refractivity contribution >= 4 is 23.4 Å². The summed E-state index contributed by atoms with van der Waals surface area (Å²) in [4.78, 5) is 22.0. The van der Waals surface area contributed by atoms with Crippen molar-refractivity contribution in [1.82, 2.24) is 5.32 Å². The Labute approximate surface area is 123 Å². The third-order valence-electron chi connectivity index (χ3n) is 2.56. The van der Waals surface area contributed by atoms with Crippen molar-refractivity contribution in [3.05, 3.63) is 29.3 Å². The van der Waals surface area contributed by atoms with Crippen LogP contribution in [0.1, 0.15) is 25.7 Å². The zero-order valence-electron chi connectivity index (χ0n) is 11.2. The number of para-hydroxylation sites is 1. The summed E-state index contributed by atoms with van der Waals surface area (Å²) in [7, 11) is 0. The van der Waals surface area contributed by atoms with Gasteiger partial charge in [-0.2, -0.15) is 0 Å². The molecule has 0 spiro atoms. The molecule has 0 aliphatic rings. The second-order valence-corrected chi connectivity index (χ2v) is 4.71. The maximum atomic E-state index is 11.5. The Balaban J connectivity index is 2.07. The predicted molar refractivity (Wildman–Crippen MR) is 77.6 cm³/mol. The first-order valence-electron chi connectivity index (χ1n) is 6.52. The number of amides is 2. The summed E-state index contributed by atoms with van der Waals surface area (Å²) in [5.74, 6) is 0.209. The molecule has 3 N–H and O–H groups in total. The molecule has 0 aliphatic heterocycles. The van der Waals surface area contributed by atoms with Crippen LogP contribution in [0, 0.1) is 0 Å². The van der Waals surface area contributed by atoms with E-state index in [9.17, 15) is 9.59 Å². The molecule has 1 aromatic rings. The highest BCUT2D eigenvalue weighted by Gasteiger charge is 2.03. The van der Waals surface area contributed by atoms with Crippen molar-refractivity contribution in [2.24, 2.45) is 5.73 Å². The SMILES string of the molecule is NC(=O)CCCNC(=O)CCCOc1ccccc1Cl. The van der Waals surface area contributed by atoms with Crippen LogP contribution in [0.25, 0.3) is 0 Å². The number of nitrogens with two attached hydrogens (primary N) is 1. The van der Waals surface area contributed by atoms with Gasteiger partial charge in [0.15, 0.2) is 0 Å². The summed E-state index contributed by atoms with van der Waals surface area (Å²) in [6.45, 7) is 0.894. The summed E-state index contributed by atoms with van der Waals surface area (Å²) >= 11 is 5.93. The minimum Gasteiger partial charge on any atom is -0.492 e. The van der Waals surface area contributed by atoms with E-state index in [1.807, 2.05) is 12.1 Å². The highest BCUT2D eigenvalue weighted by atomic mass is 35.5. The maximum absolute atomic E-state index is 11.5. The van der Waals surface area contributed by atoms with Crippen LogP contribution in [0.5, 0.6) is 5.75 Å². The molecule has 0 atom stereocenters. The number of carbonyl (C=O) groups excluding carboxylic acids is 2. The molecule has 0 radical (unpaired) electrons. The van der Waals surface area contributed by atoms with Gasteiger partial charge in [0.25, 0.3) is 0 Å². The Morgan fingerprint density at radius 3 is 2.65 bits per heavy atom. The molecule has 0 saturated heterocycles. The van der Waals surface area contributed by atoms with Crippen molar-refractivity contribution in [3.63, 3.8) is 0 Å². The van der Waals surface area contributed by atoms with E-state index < -0.39 is 0 Å². The molecule has 0 saturated carbocycles. The number of rotatable bonds is 9. The highest BCUT2D eigenvalue weighted by Crippen LogP contribution is 2.23. The number of hydrogen-bond donors (Lipinski definition) is 2. The predicted octanol–water partition coefficient (Wildman–Crippen LogP) is 1.88. The molecule has 20 heavy (non-hydrogen) atoms. The Kier molecular flexibility index (Phi) is 7.50. The zero-order valence-corrected chi connectivity index (χ0v) is 12.0. The lowest BCUT2D eigenvalue weighted by molar-refractivity contribution is -0.122. The van der Waals surface area contributed by atoms with Crippen LogP contribution in [0.15, 0.2) is 24.3 Å². The second kappa shape index (κ2) is 9.20. The first-order valence-corrected chi connectivity index (χ1v) is 6.89. The van der Waals surface area contributed by atoms with Gasteiger partial charge in [-0.25, -0.2) is 0 Å². The Morgan fingerprint density at radius 1 is 1.20 bits per heavy atom. The van der Waals surface area contributed by atoms with Crippen molar-refractivity contribution < 1.29 is 14.3 Å². The zero-order chi connectivity index (χ0) is 14.8. The van der Waals surface area contributed by atoms with E-state index in [1.165, 1.54) is 0 Å². The van der Waals surface area contributed by atoms with Gasteiger partial charge < -0.3 is 15.8 Å². The summed E-state index contributed by atoms with van der Waals surface area (Å²) in [5.41, 5.74) is 5.00. The molecule has 0 aliphatic carbocycles. The van der Waals surface area contributed by atoms with E-state index in [4.69, 9.17) is 22.1 Å². The lowest BCUT2D eigenvalue weighted by Gasteiger charge is -2.08. The van der Waals surface area contributed by atoms with E-state index in [2.05, 4.69) is 5.32 Å². The van der Waals surface area contributed by atoms with Gasteiger partial charge in [0.2, 0.25) is 11.8 Å². The fourth-order valence-corrected chi connectivity index (χ4v) is 1.75. The summed E-state index contributed by atoms with van der Waals surface area (Å²) in [5, 5.41) is 3.28. The molecule has 0 fully saturated rings. The number of nitrogens with one attached hydrogen (secondary N) is 1.